The fraction of sp³-hybridized carbons (Fsp3) is 0.476. The average Bonchev–Trinajstić information content (AvgIpc) is 3.09. The normalized spacial score (nSPS) is 12.2. The molecule has 0 saturated heterocycles. The van der Waals surface area contributed by atoms with Crippen LogP contribution in [0.25, 0.3) is 0 Å². The third-order valence-electron chi connectivity index (χ3n) is 4.89. The summed E-state index contributed by atoms with van der Waals surface area (Å²) in [5.41, 5.74) is 2.15. The Bertz CT molecular complexity index is 923. The number of hydrogen-bond donors (Lipinski definition) is 1. The molecule has 0 bridgehead atoms. The molecule has 0 amide bonds. The molecule has 1 aromatic heterocycles. The van der Waals surface area contributed by atoms with Gasteiger partial charge in [-0.2, -0.15) is 4.31 Å². The van der Waals surface area contributed by atoms with Crippen LogP contribution in [0.5, 0.6) is 0 Å². The monoisotopic (exact) mass is 547 g/mol. The van der Waals surface area contributed by atoms with Gasteiger partial charge in [-0.05, 0) is 50.6 Å². The van der Waals surface area contributed by atoms with E-state index in [4.69, 9.17) is 4.99 Å². The van der Waals surface area contributed by atoms with Crippen LogP contribution < -0.4 is 5.32 Å². The predicted octanol–water partition coefficient (Wildman–Crippen LogP) is 3.27. The fourth-order valence-electron chi connectivity index (χ4n) is 2.83. The Labute approximate surface area is 198 Å². The van der Waals surface area contributed by atoms with Crippen LogP contribution in [0.2, 0.25) is 0 Å². The first-order chi connectivity index (χ1) is 13.7. The number of guanidine groups is 1. The van der Waals surface area contributed by atoms with Crippen molar-refractivity contribution in [3.8, 4) is 0 Å². The maximum atomic E-state index is 12.6. The van der Waals surface area contributed by atoms with Crippen LogP contribution in [0.3, 0.4) is 0 Å². The van der Waals surface area contributed by atoms with Crippen molar-refractivity contribution in [3.05, 3.63) is 53.9 Å². The van der Waals surface area contributed by atoms with E-state index in [1.54, 1.807) is 19.2 Å². The van der Waals surface area contributed by atoms with Crippen molar-refractivity contribution >= 4 is 40.0 Å². The number of nitrogens with zero attached hydrogens (tertiary/aromatic N) is 4. The summed E-state index contributed by atoms with van der Waals surface area (Å²) in [6.45, 7) is 7.74. The van der Waals surface area contributed by atoms with E-state index in [2.05, 4.69) is 20.9 Å². The number of aliphatic imine (C=N–C) groups is 1. The molecule has 2 aromatic rings. The highest BCUT2D eigenvalue weighted by Crippen LogP contribution is 2.17. The predicted molar refractivity (Wildman–Crippen MR) is 134 cm³/mol. The minimum atomic E-state index is -3.47. The van der Waals surface area contributed by atoms with Crippen molar-refractivity contribution in [2.45, 2.75) is 44.8 Å². The first-order valence-electron chi connectivity index (χ1n) is 9.83. The van der Waals surface area contributed by atoms with Crippen LogP contribution >= 0.6 is 24.0 Å². The third-order valence-corrected chi connectivity index (χ3v) is 6.93. The second-order valence-electron chi connectivity index (χ2n) is 7.40. The molecule has 0 atom stereocenters. The lowest BCUT2D eigenvalue weighted by Gasteiger charge is -2.22. The van der Waals surface area contributed by atoms with Crippen molar-refractivity contribution in [2.24, 2.45) is 12.0 Å². The molecular formula is C21H34IN5O2S. The summed E-state index contributed by atoms with van der Waals surface area (Å²) in [5.74, 6) is 0.810. The maximum Gasteiger partial charge on any atom is 0.243 e. The summed E-state index contributed by atoms with van der Waals surface area (Å²) in [4.78, 5) is 7.09. The van der Waals surface area contributed by atoms with Gasteiger partial charge >= 0.3 is 0 Å². The van der Waals surface area contributed by atoms with E-state index in [9.17, 15) is 8.42 Å². The number of nitrogens with one attached hydrogen (secondary N) is 1. The van der Waals surface area contributed by atoms with Crippen molar-refractivity contribution in [1.29, 1.82) is 0 Å². The van der Waals surface area contributed by atoms with E-state index < -0.39 is 10.0 Å². The Morgan fingerprint density at radius 1 is 1.17 bits per heavy atom. The van der Waals surface area contributed by atoms with Crippen LogP contribution in [0.15, 0.2) is 52.5 Å². The lowest BCUT2D eigenvalue weighted by atomic mass is 10.2. The molecular weight excluding hydrogens is 513 g/mol. The van der Waals surface area contributed by atoms with Crippen LogP contribution in [0.1, 0.15) is 32.0 Å². The van der Waals surface area contributed by atoms with Crippen LogP contribution in [0.4, 0.5) is 0 Å². The molecule has 0 fully saturated rings. The number of sulfonamides is 1. The molecule has 2 rings (SSSR count). The molecule has 0 saturated carbocycles. The Balaban J connectivity index is 0.00000450. The average molecular weight is 548 g/mol. The van der Waals surface area contributed by atoms with Crippen molar-refractivity contribution in [2.75, 3.05) is 20.6 Å². The van der Waals surface area contributed by atoms with E-state index in [1.807, 2.05) is 59.3 Å². The number of aryl methyl sites for hydroxylation is 1. The SMILES string of the molecule is CCNC(=NCc1ccc(S(=O)(=O)N(C)C(C)C)cc1)N(C)Cc1cccn1C.I. The standard InChI is InChI=1S/C21H33N5O2S.HI/c1-7-22-21(25(5)16-19-9-8-14-24(19)4)23-15-18-10-12-20(13-11-18)29(27,28)26(6)17(2)3;/h8-14,17H,7,15-16H2,1-6H3,(H,22,23);1H. The number of benzene rings is 1. The van der Waals surface area contributed by atoms with Crippen LogP contribution in [-0.2, 0) is 30.2 Å². The van der Waals surface area contributed by atoms with Crippen LogP contribution in [-0.4, -0.2) is 54.8 Å². The third kappa shape index (κ3) is 6.71. The maximum absolute atomic E-state index is 12.6. The molecule has 0 spiro atoms. The van der Waals surface area contributed by atoms with Gasteiger partial charge in [0.25, 0.3) is 0 Å². The second-order valence-corrected chi connectivity index (χ2v) is 9.39. The van der Waals surface area contributed by atoms with Gasteiger partial charge in [0.1, 0.15) is 0 Å². The van der Waals surface area contributed by atoms with Crippen molar-refractivity contribution < 1.29 is 8.42 Å². The summed E-state index contributed by atoms with van der Waals surface area (Å²) in [6.07, 6.45) is 2.03. The first-order valence-corrected chi connectivity index (χ1v) is 11.3. The molecule has 7 nitrogen and oxygen atoms in total. The molecule has 1 aromatic carbocycles. The molecule has 0 radical (unpaired) electrons. The molecule has 0 unspecified atom stereocenters. The topological polar surface area (TPSA) is 69.9 Å². The van der Waals surface area contributed by atoms with E-state index >= 15 is 0 Å². The minimum absolute atomic E-state index is 0. The molecule has 9 heteroatoms. The lowest BCUT2D eigenvalue weighted by molar-refractivity contribution is 0.410. The van der Waals surface area contributed by atoms with Crippen molar-refractivity contribution in [1.82, 2.24) is 19.1 Å². The van der Waals surface area contributed by atoms with Gasteiger partial charge in [0.05, 0.1) is 18.0 Å². The van der Waals surface area contributed by atoms with Gasteiger partial charge in [-0.1, -0.05) is 12.1 Å². The number of aromatic nitrogens is 1. The van der Waals surface area contributed by atoms with Gasteiger partial charge < -0.3 is 14.8 Å². The summed E-state index contributed by atoms with van der Waals surface area (Å²) >= 11 is 0. The van der Waals surface area contributed by atoms with E-state index in [-0.39, 0.29) is 30.0 Å². The van der Waals surface area contributed by atoms with Gasteiger partial charge in [0.15, 0.2) is 5.96 Å². The fourth-order valence-corrected chi connectivity index (χ4v) is 4.19. The van der Waals surface area contributed by atoms with Gasteiger partial charge in [-0.25, -0.2) is 13.4 Å². The molecule has 1 heterocycles. The van der Waals surface area contributed by atoms with Crippen molar-refractivity contribution in [3.63, 3.8) is 0 Å². The molecule has 0 aliphatic carbocycles. The van der Waals surface area contributed by atoms with Gasteiger partial charge in [0.2, 0.25) is 10.0 Å². The largest absolute Gasteiger partial charge is 0.357 e. The van der Waals surface area contributed by atoms with E-state index in [1.165, 1.54) is 10.00 Å². The Morgan fingerprint density at radius 3 is 2.30 bits per heavy atom. The second kappa shape index (κ2) is 11.7. The Kier molecular flexibility index (Phi) is 10.3. The minimum Gasteiger partial charge on any atom is -0.357 e. The van der Waals surface area contributed by atoms with E-state index in [0.29, 0.717) is 11.4 Å². The summed E-state index contributed by atoms with van der Waals surface area (Å²) in [7, 11) is 2.17. The summed E-state index contributed by atoms with van der Waals surface area (Å²) < 4.78 is 28.6. The lowest BCUT2D eigenvalue weighted by Crippen LogP contribution is -2.38. The van der Waals surface area contributed by atoms with Gasteiger partial charge in [-0.15, -0.1) is 24.0 Å². The van der Waals surface area contributed by atoms with Crippen LogP contribution in [0, 0.1) is 0 Å². The molecule has 0 aliphatic heterocycles. The number of hydrogen-bond acceptors (Lipinski definition) is 3. The quantitative estimate of drug-likeness (QED) is 0.313. The molecule has 30 heavy (non-hydrogen) atoms. The molecule has 1 N–H and O–H groups in total. The summed E-state index contributed by atoms with van der Waals surface area (Å²) in [6, 6.07) is 11.0. The van der Waals surface area contributed by atoms with E-state index in [0.717, 1.165) is 24.6 Å². The first kappa shape index (κ1) is 26.4. The smallest absolute Gasteiger partial charge is 0.243 e. The van der Waals surface area contributed by atoms with Gasteiger partial charge in [-0.3, -0.25) is 0 Å². The zero-order valence-corrected chi connectivity index (χ0v) is 21.8. The zero-order valence-electron chi connectivity index (χ0n) is 18.7. The highest BCUT2D eigenvalue weighted by atomic mass is 127. The number of rotatable bonds is 8. The molecule has 168 valence electrons. The van der Waals surface area contributed by atoms with Gasteiger partial charge in [0, 0.05) is 45.6 Å². The summed E-state index contributed by atoms with van der Waals surface area (Å²) in [5, 5.41) is 3.31. The highest BCUT2D eigenvalue weighted by molar-refractivity contribution is 14.0. The number of halogens is 1. The Hall–Kier alpha value is -1.59. The zero-order chi connectivity index (χ0) is 21.6. The molecule has 0 aliphatic rings. The highest BCUT2D eigenvalue weighted by Gasteiger charge is 2.22. The Morgan fingerprint density at radius 2 is 1.80 bits per heavy atom.